The van der Waals surface area contributed by atoms with Gasteiger partial charge in [0.15, 0.2) is 5.92 Å². The number of aliphatic carboxylic acids is 1. The van der Waals surface area contributed by atoms with Gasteiger partial charge in [-0.3, -0.25) is 9.59 Å². The molecule has 98 valence electrons. The van der Waals surface area contributed by atoms with Crippen molar-refractivity contribution in [2.24, 2.45) is 5.92 Å². The molecule has 0 heterocycles. The summed E-state index contributed by atoms with van der Waals surface area (Å²) in [6, 6.07) is 5.13. The maximum atomic E-state index is 11.3. The molecule has 0 aliphatic rings. The molecule has 0 saturated carbocycles. The SMILES string of the molecule is COC(=O)C(Cc1ccc(OC)c(Br)c1)C(=O)O. The lowest BCUT2D eigenvalue weighted by Crippen LogP contribution is -2.27. The van der Waals surface area contributed by atoms with Gasteiger partial charge in [0.25, 0.3) is 0 Å². The molecule has 0 radical (unpaired) electrons. The van der Waals surface area contributed by atoms with E-state index >= 15 is 0 Å². The summed E-state index contributed by atoms with van der Waals surface area (Å²) >= 11 is 3.30. The molecule has 5 nitrogen and oxygen atoms in total. The van der Waals surface area contributed by atoms with Crippen LogP contribution in [0.5, 0.6) is 5.75 Å². The molecule has 0 amide bonds. The highest BCUT2D eigenvalue weighted by Crippen LogP contribution is 2.26. The van der Waals surface area contributed by atoms with Crippen LogP contribution in [-0.4, -0.2) is 31.3 Å². The predicted octanol–water partition coefficient (Wildman–Crippen LogP) is 1.87. The summed E-state index contributed by atoms with van der Waals surface area (Å²) in [5.74, 6) is -2.51. The van der Waals surface area contributed by atoms with Crippen molar-refractivity contribution < 1.29 is 24.2 Å². The normalized spacial score (nSPS) is 11.7. The Kier molecular flexibility index (Phi) is 5.15. The predicted molar refractivity (Wildman–Crippen MR) is 67.5 cm³/mol. The topological polar surface area (TPSA) is 72.8 Å². The molecule has 1 atom stereocenters. The van der Waals surface area contributed by atoms with Gasteiger partial charge in [0.05, 0.1) is 18.7 Å². The number of rotatable bonds is 5. The average molecular weight is 317 g/mol. The Bertz CT molecular complexity index is 458. The minimum absolute atomic E-state index is 0.0740. The lowest BCUT2D eigenvalue weighted by Gasteiger charge is -2.11. The van der Waals surface area contributed by atoms with E-state index in [-0.39, 0.29) is 6.42 Å². The number of esters is 1. The van der Waals surface area contributed by atoms with Gasteiger partial charge in [0.1, 0.15) is 5.75 Å². The molecular weight excluding hydrogens is 304 g/mol. The highest BCUT2D eigenvalue weighted by molar-refractivity contribution is 9.10. The standard InChI is InChI=1S/C12H13BrO5/c1-17-10-4-3-7(6-9(10)13)5-8(11(14)15)12(16)18-2/h3-4,6,8H,5H2,1-2H3,(H,14,15). The number of ether oxygens (including phenoxy) is 2. The lowest BCUT2D eigenvalue weighted by molar-refractivity contribution is -0.156. The number of carboxylic acids is 1. The Morgan fingerprint density at radius 1 is 1.39 bits per heavy atom. The van der Waals surface area contributed by atoms with Crippen molar-refractivity contribution in [2.45, 2.75) is 6.42 Å². The molecule has 0 bridgehead atoms. The molecule has 18 heavy (non-hydrogen) atoms. The van der Waals surface area contributed by atoms with Crippen LogP contribution < -0.4 is 4.74 Å². The summed E-state index contributed by atoms with van der Waals surface area (Å²) in [7, 11) is 2.70. The van der Waals surface area contributed by atoms with Crippen LogP contribution in [0.25, 0.3) is 0 Å². The fourth-order valence-electron chi connectivity index (χ4n) is 1.49. The number of benzene rings is 1. The number of hydrogen-bond donors (Lipinski definition) is 1. The van der Waals surface area contributed by atoms with Gasteiger partial charge in [-0.1, -0.05) is 6.07 Å². The van der Waals surface area contributed by atoms with Gasteiger partial charge in [0, 0.05) is 0 Å². The van der Waals surface area contributed by atoms with Gasteiger partial charge in [-0.15, -0.1) is 0 Å². The van der Waals surface area contributed by atoms with Gasteiger partial charge < -0.3 is 14.6 Å². The van der Waals surface area contributed by atoms with Crippen LogP contribution in [0.15, 0.2) is 22.7 Å². The lowest BCUT2D eigenvalue weighted by atomic mass is 9.99. The van der Waals surface area contributed by atoms with Gasteiger partial charge in [-0.05, 0) is 40.0 Å². The third-order valence-corrected chi connectivity index (χ3v) is 3.06. The Balaban J connectivity index is 2.91. The minimum Gasteiger partial charge on any atom is -0.496 e. The van der Waals surface area contributed by atoms with E-state index in [9.17, 15) is 9.59 Å². The highest BCUT2D eigenvalue weighted by Gasteiger charge is 2.27. The molecule has 0 aliphatic heterocycles. The van der Waals surface area contributed by atoms with Crippen LogP contribution >= 0.6 is 15.9 Å². The summed E-state index contributed by atoms with van der Waals surface area (Å²) in [4.78, 5) is 22.3. The van der Waals surface area contributed by atoms with Crippen molar-refractivity contribution in [2.75, 3.05) is 14.2 Å². The van der Waals surface area contributed by atoms with E-state index in [0.717, 1.165) is 0 Å². The smallest absolute Gasteiger partial charge is 0.320 e. The van der Waals surface area contributed by atoms with Crippen LogP contribution in [-0.2, 0) is 20.7 Å². The fraction of sp³-hybridized carbons (Fsp3) is 0.333. The molecule has 0 saturated heterocycles. The Hall–Kier alpha value is -1.56. The number of hydrogen-bond acceptors (Lipinski definition) is 4. The molecule has 0 aliphatic carbocycles. The largest absolute Gasteiger partial charge is 0.496 e. The van der Waals surface area contributed by atoms with Crippen molar-refractivity contribution in [3.8, 4) is 5.75 Å². The number of halogens is 1. The number of carboxylic acid groups (broad SMARTS) is 1. The van der Waals surface area contributed by atoms with Crippen LogP contribution in [0, 0.1) is 5.92 Å². The monoisotopic (exact) mass is 316 g/mol. The Morgan fingerprint density at radius 2 is 2.06 bits per heavy atom. The molecule has 0 spiro atoms. The molecule has 1 rings (SSSR count). The fourth-order valence-corrected chi connectivity index (χ4v) is 2.07. The van der Waals surface area contributed by atoms with Crippen molar-refractivity contribution in [3.63, 3.8) is 0 Å². The Labute approximate surface area is 113 Å². The first kappa shape index (κ1) is 14.5. The van der Waals surface area contributed by atoms with E-state index < -0.39 is 17.9 Å². The van der Waals surface area contributed by atoms with Gasteiger partial charge in [-0.25, -0.2) is 0 Å². The number of methoxy groups -OCH3 is 2. The average Bonchev–Trinajstić information content (AvgIpc) is 2.35. The van der Waals surface area contributed by atoms with Gasteiger partial charge in [0.2, 0.25) is 0 Å². The summed E-state index contributed by atoms with van der Waals surface area (Å²) < 4.78 is 10.2. The van der Waals surface area contributed by atoms with E-state index in [0.29, 0.717) is 15.8 Å². The van der Waals surface area contributed by atoms with Crippen molar-refractivity contribution in [1.82, 2.24) is 0 Å². The first-order valence-corrected chi connectivity index (χ1v) is 5.92. The first-order valence-electron chi connectivity index (χ1n) is 5.12. The Morgan fingerprint density at radius 3 is 2.50 bits per heavy atom. The first-order chi connectivity index (χ1) is 8.49. The minimum atomic E-state index is -1.20. The second-order valence-corrected chi connectivity index (χ2v) is 4.44. The zero-order chi connectivity index (χ0) is 13.7. The zero-order valence-electron chi connectivity index (χ0n) is 9.97. The molecule has 1 aromatic carbocycles. The number of carbonyl (C=O) groups excluding carboxylic acids is 1. The molecule has 1 N–H and O–H groups in total. The second-order valence-electron chi connectivity index (χ2n) is 3.59. The van der Waals surface area contributed by atoms with Crippen LogP contribution in [0.2, 0.25) is 0 Å². The van der Waals surface area contributed by atoms with Crippen molar-refractivity contribution >= 4 is 27.9 Å². The quantitative estimate of drug-likeness (QED) is 0.663. The van der Waals surface area contributed by atoms with Crippen LogP contribution in [0.4, 0.5) is 0 Å². The maximum Gasteiger partial charge on any atom is 0.320 e. The zero-order valence-corrected chi connectivity index (χ0v) is 11.6. The van der Waals surface area contributed by atoms with Crippen LogP contribution in [0.1, 0.15) is 5.56 Å². The maximum absolute atomic E-state index is 11.3. The molecule has 0 fully saturated rings. The molecule has 6 heteroatoms. The van der Waals surface area contributed by atoms with E-state index in [1.54, 1.807) is 18.2 Å². The molecule has 0 aromatic heterocycles. The van der Waals surface area contributed by atoms with Crippen molar-refractivity contribution in [1.29, 1.82) is 0 Å². The van der Waals surface area contributed by atoms with E-state index in [2.05, 4.69) is 20.7 Å². The van der Waals surface area contributed by atoms with Crippen LogP contribution in [0.3, 0.4) is 0 Å². The second kappa shape index (κ2) is 6.39. The summed E-state index contributed by atoms with van der Waals surface area (Å²) in [5, 5.41) is 8.97. The third kappa shape index (κ3) is 3.46. The van der Waals surface area contributed by atoms with Gasteiger partial charge >= 0.3 is 11.9 Å². The molecule has 1 unspecified atom stereocenters. The van der Waals surface area contributed by atoms with E-state index in [1.165, 1.54) is 14.2 Å². The third-order valence-electron chi connectivity index (χ3n) is 2.44. The molecule has 1 aromatic rings. The summed E-state index contributed by atoms with van der Waals surface area (Å²) in [6.07, 6.45) is 0.0740. The van der Waals surface area contributed by atoms with E-state index in [1.807, 2.05) is 0 Å². The molecular formula is C12H13BrO5. The summed E-state index contributed by atoms with van der Waals surface area (Å²) in [6.45, 7) is 0. The van der Waals surface area contributed by atoms with Gasteiger partial charge in [-0.2, -0.15) is 0 Å². The van der Waals surface area contributed by atoms with E-state index in [4.69, 9.17) is 9.84 Å². The van der Waals surface area contributed by atoms with Crippen molar-refractivity contribution in [3.05, 3.63) is 28.2 Å². The number of carbonyl (C=O) groups is 2. The summed E-state index contributed by atoms with van der Waals surface area (Å²) in [5.41, 5.74) is 0.709. The highest BCUT2D eigenvalue weighted by atomic mass is 79.9.